The van der Waals surface area contributed by atoms with E-state index in [1.165, 1.54) is 5.56 Å². The van der Waals surface area contributed by atoms with E-state index in [0.29, 0.717) is 32.5 Å². The van der Waals surface area contributed by atoms with Crippen LogP contribution in [-0.4, -0.2) is 31.7 Å². The van der Waals surface area contributed by atoms with Gasteiger partial charge in [0, 0.05) is 19.5 Å². The number of carbonyl (C=O) groups is 2. The second-order valence-corrected chi connectivity index (χ2v) is 5.11. The third kappa shape index (κ3) is 9.00. The lowest BCUT2D eigenvalue weighted by Crippen LogP contribution is -2.29. The highest BCUT2D eigenvalue weighted by Gasteiger charge is 2.03. The number of nitrogens with one attached hydrogen (secondary N) is 2. The fourth-order valence-corrected chi connectivity index (χ4v) is 1.88. The fraction of sp³-hybridized carbons (Fsp3) is 0.529. The Morgan fingerprint density at radius 1 is 1.05 bits per heavy atom. The van der Waals surface area contributed by atoms with E-state index < -0.39 is 6.09 Å². The Labute approximate surface area is 132 Å². The monoisotopic (exact) mass is 306 g/mol. The average molecular weight is 306 g/mol. The normalized spacial score (nSPS) is 10.0. The Morgan fingerprint density at radius 2 is 1.82 bits per heavy atom. The van der Waals surface area contributed by atoms with Crippen molar-refractivity contribution in [1.29, 1.82) is 0 Å². The molecular formula is C17H26N2O3. The zero-order chi connectivity index (χ0) is 16.0. The van der Waals surface area contributed by atoms with Crippen LogP contribution in [0.15, 0.2) is 30.3 Å². The number of carbonyl (C=O) groups excluding carboxylic acids is 2. The summed E-state index contributed by atoms with van der Waals surface area (Å²) in [5, 5.41) is 5.52. The number of hydrogen-bond acceptors (Lipinski definition) is 3. The summed E-state index contributed by atoms with van der Waals surface area (Å²) in [5.74, 6) is 0.0112. The first-order valence-electron chi connectivity index (χ1n) is 7.93. The lowest BCUT2D eigenvalue weighted by Gasteiger charge is -2.07. The third-order valence-electron chi connectivity index (χ3n) is 3.16. The van der Waals surface area contributed by atoms with Gasteiger partial charge in [-0.3, -0.25) is 4.79 Å². The van der Waals surface area contributed by atoms with Gasteiger partial charge in [-0.25, -0.2) is 4.79 Å². The second kappa shape index (κ2) is 11.6. The molecule has 0 spiro atoms. The number of alkyl carbamates (subject to hydrolysis) is 1. The van der Waals surface area contributed by atoms with Crippen molar-refractivity contribution in [3.05, 3.63) is 35.9 Å². The van der Waals surface area contributed by atoms with E-state index >= 15 is 0 Å². The molecule has 1 rings (SSSR count). The van der Waals surface area contributed by atoms with Crippen molar-refractivity contribution in [2.75, 3.05) is 19.7 Å². The zero-order valence-corrected chi connectivity index (χ0v) is 13.3. The molecule has 0 aliphatic carbocycles. The Morgan fingerprint density at radius 3 is 2.55 bits per heavy atom. The van der Waals surface area contributed by atoms with Crippen LogP contribution in [0.2, 0.25) is 0 Å². The average Bonchev–Trinajstić information content (AvgIpc) is 2.53. The van der Waals surface area contributed by atoms with Gasteiger partial charge in [0.15, 0.2) is 0 Å². The van der Waals surface area contributed by atoms with Crippen LogP contribution in [0, 0.1) is 0 Å². The lowest BCUT2D eigenvalue weighted by atomic mass is 10.1. The molecule has 0 aliphatic rings. The van der Waals surface area contributed by atoms with E-state index in [-0.39, 0.29) is 5.91 Å². The largest absolute Gasteiger partial charge is 0.450 e. The summed E-state index contributed by atoms with van der Waals surface area (Å²) in [6, 6.07) is 10.0. The van der Waals surface area contributed by atoms with E-state index in [9.17, 15) is 9.59 Å². The van der Waals surface area contributed by atoms with E-state index in [4.69, 9.17) is 4.74 Å². The van der Waals surface area contributed by atoms with Crippen LogP contribution in [0.4, 0.5) is 4.79 Å². The first-order chi connectivity index (χ1) is 10.7. The van der Waals surface area contributed by atoms with Crippen molar-refractivity contribution in [2.24, 2.45) is 0 Å². The summed E-state index contributed by atoms with van der Waals surface area (Å²) in [5.41, 5.74) is 1.21. The Kier molecular flexibility index (Phi) is 9.50. The van der Waals surface area contributed by atoms with Crippen LogP contribution < -0.4 is 10.6 Å². The number of unbranched alkanes of at least 4 members (excludes halogenated alkanes) is 1. The Bertz CT molecular complexity index is 435. The van der Waals surface area contributed by atoms with Gasteiger partial charge in [0.2, 0.25) is 5.91 Å². The minimum Gasteiger partial charge on any atom is -0.450 e. The van der Waals surface area contributed by atoms with Crippen LogP contribution in [0.5, 0.6) is 0 Å². The molecule has 0 aliphatic heterocycles. The standard InChI is InChI=1S/C17H26N2O3/c1-2-3-14-22-17(21)19-12-7-10-16(20)18-13-11-15-8-5-4-6-9-15/h4-6,8-9H,2-3,7,10-14H2,1H3,(H,18,20)(H,19,21). The zero-order valence-electron chi connectivity index (χ0n) is 13.3. The third-order valence-corrected chi connectivity index (χ3v) is 3.16. The molecule has 2 N–H and O–H groups in total. The van der Waals surface area contributed by atoms with Crippen LogP contribution >= 0.6 is 0 Å². The van der Waals surface area contributed by atoms with Crippen molar-refractivity contribution < 1.29 is 14.3 Å². The summed E-state index contributed by atoms with van der Waals surface area (Å²) < 4.78 is 4.95. The van der Waals surface area contributed by atoms with Gasteiger partial charge in [0.05, 0.1) is 6.61 Å². The van der Waals surface area contributed by atoms with Crippen LogP contribution in [0.3, 0.4) is 0 Å². The molecule has 122 valence electrons. The van der Waals surface area contributed by atoms with Crippen molar-refractivity contribution >= 4 is 12.0 Å². The highest BCUT2D eigenvalue weighted by atomic mass is 16.5. The summed E-state index contributed by atoms with van der Waals surface area (Å²) in [6.45, 7) is 3.58. The Balaban J connectivity index is 1.98. The van der Waals surface area contributed by atoms with E-state index in [1.807, 2.05) is 37.3 Å². The van der Waals surface area contributed by atoms with Gasteiger partial charge in [0.1, 0.15) is 0 Å². The van der Waals surface area contributed by atoms with Gasteiger partial charge in [-0.15, -0.1) is 0 Å². The molecule has 0 aromatic heterocycles. The van der Waals surface area contributed by atoms with E-state index in [2.05, 4.69) is 10.6 Å². The minimum atomic E-state index is -0.405. The number of amides is 2. The van der Waals surface area contributed by atoms with Gasteiger partial charge in [0.25, 0.3) is 0 Å². The highest BCUT2D eigenvalue weighted by molar-refractivity contribution is 5.75. The van der Waals surface area contributed by atoms with Gasteiger partial charge in [-0.05, 0) is 24.8 Å². The molecule has 0 bridgehead atoms. The predicted molar refractivity (Wildman–Crippen MR) is 86.6 cm³/mol. The van der Waals surface area contributed by atoms with Gasteiger partial charge in [-0.2, -0.15) is 0 Å². The molecular weight excluding hydrogens is 280 g/mol. The molecule has 5 nitrogen and oxygen atoms in total. The predicted octanol–water partition coefficient (Wildman–Crippen LogP) is 2.65. The summed E-state index contributed by atoms with van der Waals surface area (Å²) in [7, 11) is 0. The number of ether oxygens (including phenoxy) is 1. The van der Waals surface area contributed by atoms with Gasteiger partial charge in [-0.1, -0.05) is 43.7 Å². The molecule has 2 amide bonds. The Hall–Kier alpha value is -2.04. The van der Waals surface area contributed by atoms with Crippen molar-refractivity contribution in [3.8, 4) is 0 Å². The lowest BCUT2D eigenvalue weighted by molar-refractivity contribution is -0.121. The highest BCUT2D eigenvalue weighted by Crippen LogP contribution is 1.98. The second-order valence-electron chi connectivity index (χ2n) is 5.11. The molecule has 0 atom stereocenters. The number of benzene rings is 1. The van der Waals surface area contributed by atoms with Crippen LogP contribution in [0.1, 0.15) is 38.2 Å². The van der Waals surface area contributed by atoms with E-state index in [1.54, 1.807) is 0 Å². The maximum Gasteiger partial charge on any atom is 0.407 e. The van der Waals surface area contributed by atoms with Crippen molar-refractivity contribution in [2.45, 2.75) is 39.0 Å². The molecule has 5 heteroatoms. The van der Waals surface area contributed by atoms with Gasteiger partial charge >= 0.3 is 6.09 Å². The van der Waals surface area contributed by atoms with Gasteiger partial charge < -0.3 is 15.4 Å². The molecule has 22 heavy (non-hydrogen) atoms. The smallest absolute Gasteiger partial charge is 0.407 e. The van der Waals surface area contributed by atoms with Crippen LogP contribution in [-0.2, 0) is 16.0 Å². The maximum atomic E-state index is 11.6. The maximum absolute atomic E-state index is 11.6. The molecule has 0 saturated carbocycles. The van der Waals surface area contributed by atoms with Crippen LogP contribution in [0.25, 0.3) is 0 Å². The minimum absolute atomic E-state index is 0.0112. The molecule has 0 saturated heterocycles. The fourth-order valence-electron chi connectivity index (χ4n) is 1.88. The number of hydrogen-bond donors (Lipinski definition) is 2. The molecule has 1 aromatic carbocycles. The van der Waals surface area contributed by atoms with Crippen molar-refractivity contribution in [3.63, 3.8) is 0 Å². The quantitative estimate of drug-likeness (QED) is 0.653. The van der Waals surface area contributed by atoms with E-state index in [0.717, 1.165) is 19.3 Å². The summed E-state index contributed by atoms with van der Waals surface area (Å²) in [4.78, 5) is 22.9. The molecule has 0 fully saturated rings. The molecule has 0 radical (unpaired) electrons. The summed E-state index contributed by atoms with van der Waals surface area (Å²) >= 11 is 0. The topological polar surface area (TPSA) is 67.4 Å². The number of rotatable bonds is 10. The molecule has 0 heterocycles. The summed E-state index contributed by atoms with van der Waals surface area (Å²) in [6.07, 6.45) is 3.31. The SMILES string of the molecule is CCCCOC(=O)NCCCC(=O)NCCc1ccccc1. The molecule has 0 unspecified atom stereocenters. The first-order valence-corrected chi connectivity index (χ1v) is 7.93. The molecule has 1 aromatic rings. The first kappa shape index (κ1) is 18.0. The van der Waals surface area contributed by atoms with Crippen molar-refractivity contribution in [1.82, 2.24) is 10.6 Å².